The van der Waals surface area contributed by atoms with E-state index in [0.29, 0.717) is 10.6 Å². The highest BCUT2D eigenvalue weighted by Crippen LogP contribution is 2.23. The number of hydrogen-bond donors (Lipinski definition) is 1. The molecule has 2 aromatic rings. The normalized spacial score (nSPS) is 15.1. The van der Waals surface area contributed by atoms with Crippen LogP contribution in [-0.2, 0) is 26.2 Å². The van der Waals surface area contributed by atoms with Crippen LogP contribution in [0.25, 0.3) is 0 Å². The summed E-state index contributed by atoms with van der Waals surface area (Å²) in [5.41, 5.74) is 0.858. The smallest absolute Gasteiger partial charge is 0.244 e. The minimum atomic E-state index is -3.83. The van der Waals surface area contributed by atoms with E-state index in [0.717, 1.165) is 36.2 Å². The van der Waals surface area contributed by atoms with Crippen LogP contribution >= 0.6 is 11.6 Å². The van der Waals surface area contributed by atoms with Gasteiger partial charge in [0.1, 0.15) is 18.4 Å². The molecule has 0 aliphatic heterocycles. The van der Waals surface area contributed by atoms with Crippen molar-refractivity contribution in [1.29, 1.82) is 0 Å². The molecule has 1 atom stereocenters. The highest BCUT2D eigenvalue weighted by atomic mass is 35.5. The van der Waals surface area contributed by atoms with Crippen LogP contribution in [0.3, 0.4) is 0 Å². The van der Waals surface area contributed by atoms with Gasteiger partial charge in [0.2, 0.25) is 21.8 Å². The van der Waals surface area contributed by atoms with Crippen LogP contribution in [0, 0.1) is 5.82 Å². The van der Waals surface area contributed by atoms with E-state index in [2.05, 4.69) is 5.32 Å². The lowest BCUT2D eigenvalue weighted by atomic mass is 10.1. The van der Waals surface area contributed by atoms with E-state index in [1.54, 1.807) is 25.1 Å². The summed E-state index contributed by atoms with van der Waals surface area (Å²) >= 11 is 6.03. The largest absolute Gasteiger partial charge is 0.352 e. The molecule has 0 radical (unpaired) electrons. The van der Waals surface area contributed by atoms with E-state index >= 15 is 0 Å². The number of sulfonamides is 1. The van der Waals surface area contributed by atoms with Gasteiger partial charge in [0.15, 0.2) is 0 Å². The van der Waals surface area contributed by atoms with Gasteiger partial charge in [-0.1, -0.05) is 42.6 Å². The Morgan fingerprint density at radius 2 is 1.79 bits per heavy atom. The molecule has 184 valence electrons. The Morgan fingerprint density at radius 3 is 2.38 bits per heavy atom. The van der Waals surface area contributed by atoms with E-state index in [9.17, 15) is 22.4 Å². The van der Waals surface area contributed by atoms with Crippen molar-refractivity contribution in [3.8, 4) is 0 Å². The molecule has 2 aromatic carbocycles. The Balaban J connectivity index is 1.87. The van der Waals surface area contributed by atoms with E-state index in [4.69, 9.17) is 11.6 Å². The first kappa shape index (κ1) is 26.0. The fourth-order valence-corrected chi connectivity index (χ4v) is 5.03. The maximum absolute atomic E-state index is 13.4. The molecule has 0 spiro atoms. The van der Waals surface area contributed by atoms with Crippen molar-refractivity contribution in [3.63, 3.8) is 0 Å². The van der Waals surface area contributed by atoms with Gasteiger partial charge >= 0.3 is 0 Å². The van der Waals surface area contributed by atoms with Crippen molar-refractivity contribution in [2.75, 3.05) is 17.1 Å². The van der Waals surface area contributed by atoms with Gasteiger partial charge in [-0.15, -0.1) is 0 Å². The number of nitrogens with zero attached hydrogens (tertiary/aromatic N) is 2. The number of rotatable bonds is 9. The predicted octanol–water partition coefficient (Wildman–Crippen LogP) is 3.72. The van der Waals surface area contributed by atoms with Gasteiger partial charge in [-0.05, 0) is 55.7 Å². The Hall–Kier alpha value is -2.65. The third-order valence-corrected chi connectivity index (χ3v) is 7.29. The summed E-state index contributed by atoms with van der Waals surface area (Å²) in [7, 11) is -3.83. The molecular weight excluding hydrogens is 481 g/mol. The maximum atomic E-state index is 13.4. The molecule has 0 bridgehead atoms. The molecular formula is C24H29ClFN3O4S. The fraction of sp³-hybridized carbons (Fsp3) is 0.417. The molecule has 10 heteroatoms. The van der Waals surface area contributed by atoms with Crippen molar-refractivity contribution < 1.29 is 22.4 Å². The highest BCUT2D eigenvalue weighted by Gasteiger charge is 2.31. The molecule has 1 saturated carbocycles. The van der Waals surface area contributed by atoms with Gasteiger partial charge in [0.05, 0.1) is 11.9 Å². The molecule has 1 aliphatic rings. The highest BCUT2D eigenvalue weighted by molar-refractivity contribution is 7.92. The Bertz CT molecular complexity index is 1120. The standard InChI is InChI=1S/C24H29ClFN3O4S/c1-17(24(31)27-21-7-3-4-8-21)28(15-18-10-12-20(26)13-11-18)23(30)16-29(34(2,32)33)22-9-5-6-19(25)14-22/h5-6,9-14,17,21H,3-4,7-8,15-16H2,1-2H3,(H,27,31)/t17-/m1/s1. The molecule has 0 saturated heterocycles. The summed E-state index contributed by atoms with van der Waals surface area (Å²) in [6.07, 6.45) is 4.87. The average molecular weight is 510 g/mol. The third kappa shape index (κ3) is 6.93. The minimum Gasteiger partial charge on any atom is -0.352 e. The maximum Gasteiger partial charge on any atom is 0.244 e. The molecule has 0 aromatic heterocycles. The van der Waals surface area contributed by atoms with Gasteiger partial charge in [-0.3, -0.25) is 13.9 Å². The van der Waals surface area contributed by atoms with Crippen LogP contribution in [0.15, 0.2) is 48.5 Å². The first-order chi connectivity index (χ1) is 16.0. The van der Waals surface area contributed by atoms with Crippen molar-refractivity contribution in [2.24, 2.45) is 0 Å². The number of carbonyl (C=O) groups is 2. The second-order valence-electron chi connectivity index (χ2n) is 8.56. The lowest BCUT2D eigenvalue weighted by molar-refractivity contribution is -0.139. The number of carbonyl (C=O) groups excluding carboxylic acids is 2. The zero-order valence-electron chi connectivity index (χ0n) is 19.2. The van der Waals surface area contributed by atoms with Crippen LogP contribution in [0.4, 0.5) is 10.1 Å². The second kappa shape index (κ2) is 11.2. The Morgan fingerprint density at radius 1 is 1.15 bits per heavy atom. The van der Waals surface area contributed by atoms with Crippen molar-refractivity contribution >= 4 is 39.1 Å². The number of halogens is 2. The van der Waals surface area contributed by atoms with Crippen LogP contribution in [0.1, 0.15) is 38.2 Å². The third-order valence-electron chi connectivity index (χ3n) is 5.91. The summed E-state index contributed by atoms with van der Waals surface area (Å²) in [5.74, 6) is -1.29. The molecule has 0 unspecified atom stereocenters. The quantitative estimate of drug-likeness (QED) is 0.558. The predicted molar refractivity (Wildman–Crippen MR) is 130 cm³/mol. The van der Waals surface area contributed by atoms with Crippen molar-refractivity contribution in [2.45, 2.75) is 51.2 Å². The average Bonchev–Trinajstić information content (AvgIpc) is 3.28. The molecule has 7 nitrogen and oxygen atoms in total. The summed E-state index contributed by atoms with van der Waals surface area (Å²) in [6.45, 7) is 1.11. The Kier molecular flexibility index (Phi) is 8.54. The van der Waals surface area contributed by atoms with Crippen LogP contribution in [0.5, 0.6) is 0 Å². The molecule has 0 heterocycles. The second-order valence-corrected chi connectivity index (χ2v) is 10.9. The summed E-state index contributed by atoms with van der Waals surface area (Å²) in [6, 6.07) is 11.0. The van der Waals surface area contributed by atoms with Gasteiger partial charge in [0, 0.05) is 17.6 Å². The number of anilines is 1. The zero-order chi connectivity index (χ0) is 24.9. The minimum absolute atomic E-state index is 0.0194. The monoisotopic (exact) mass is 509 g/mol. The summed E-state index contributed by atoms with van der Waals surface area (Å²) < 4.78 is 39.4. The zero-order valence-corrected chi connectivity index (χ0v) is 20.8. The van der Waals surface area contributed by atoms with Gasteiger partial charge < -0.3 is 10.2 Å². The van der Waals surface area contributed by atoms with E-state index < -0.39 is 34.3 Å². The molecule has 1 aliphatic carbocycles. The van der Waals surface area contributed by atoms with Gasteiger partial charge in [-0.2, -0.15) is 0 Å². The summed E-state index contributed by atoms with van der Waals surface area (Å²) in [5, 5.41) is 3.31. The number of hydrogen-bond acceptors (Lipinski definition) is 4. The SMILES string of the molecule is C[C@H](C(=O)NC1CCCC1)N(Cc1ccc(F)cc1)C(=O)CN(c1cccc(Cl)c1)S(C)(=O)=O. The lowest BCUT2D eigenvalue weighted by Crippen LogP contribution is -2.52. The topological polar surface area (TPSA) is 86.8 Å². The summed E-state index contributed by atoms with van der Waals surface area (Å²) in [4.78, 5) is 27.7. The van der Waals surface area contributed by atoms with Gasteiger partial charge in [0.25, 0.3) is 0 Å². The van der Waals surface area contributed by atoms with Crippen molar-refractivity contribution in [1.82, 2.24) is 10.2 Å². The van der Waals surface area contributed by atoms with Crippen LogP contribution in [-0.4, -0.2) is 50.0 Å². The molecule has 1 N–H and O–H groups in total. The van der Waals surface area contributed by atoms with E-state index in [1.807, 2.05) is 0 Å². The van der Waals surface area contributed by atoms with Crippen LogP contribution < -0.4 is 9.62 Å². The Labute approximate surface area is 204 Å². The number of nitrogens with one attached hydrogen (secondary N) is 1. The molecule has 34 heavy (non-hydrogen) atoms. The van der Waals surface area contributed by atoms with E-state index in [-0.39, 0.29) is 24.2 Å². The first-order valence-corrected chi connectivity index (χ1v) is 13.3. The van der Waals surface area contributed by atoms with Crippen molar-refractivity contribution in [3.05, 3.63) is 64.9 Å². The molecule has 2 amide bonds. The fourth-order valence-electron chi connectivity index (χ4n) is 4.01. The molecule has 1 fully saturated rings. The molecule has 3 rings (SSSR count). The number of amides is 2. The van der Waals surface area contributed by atoms with Crippen LogP contribution in [0.2, 0.25) is 5.02 Å². The lowest BCUT2D eigenvalue weighted by Gasteiger charge is -2.32. The number of benzene rings is 2. The first-order valence-electron chi connectivity index (χ1n) is 11.1. The van der Waals surface area contributed by atoms with E-state index in [1.165, 1.54) is 35.2 Å². The van der Waals surface area contributed by atoms with Gasteiger partial charge in [-0.25, -0.2) is 12.8 Å².